The molecule has 1 aliphatic heterocycles. The molecule has 2 N–H and O–H groups in total. The molecular weight excluding hydrogens is 234 g/mol. The van der Waals surface area contributed by atoms with Crippen LogP contribution < -0.4 is 5.73 Å². The van der Waals surface area contributed by atoms with Crippen molar-refractivity contribution in [3.8, 4) is 0 Å². The van der Waals surface area contributed by atoms with Crippen LogP contribution in [0.15, 0.2) is 4.52 Å². The molecular formula is C12H19N3O3. The minimum atomic E-state index is -0.483. The number of amides is 1. The zero-order chi connectivity index (χ0) is 13.3. The number of hydrogen-bond acceptors (Lipinski definition) is 5. The fourth-order valence-electron chi connectivity index (χ4n) is 1.91. The zero-order valence-electron chi connectivity index (χ0n) is 11.0. The average Bonchev–Trinajstić information content (AvgIpc) is 2.68. The average molecular weight is 253 g/mol. The first-order valence-corrected chi connectivity index (χ1v) is 6.05. The van der Waals surface area contributed by atoms with Crippen LogP contribution in [0.25, 0.3) is 0 Å². The second-order valence-electron chi connectivity index (χ2n) is 5.39. The van der Waals surface area contributed by atoms with Crippen molar-refractivity contribution in [1.82, 2.24) is 10.1 Å². The second-order valence-corrected chi connectivity index (χ2v) is 5.39. The van der Waals surface area contributed by atoms with Crippen LogP contribution in [0.2, 0.25) is 0 Å². The molecule has 100 valence electrons. The molecule has 6 heteroatoms. The number of fused-ring (bicyclic) bond motifs is 1. The Hall–Kier alpha value is -1.56. The third kappa shape index (κ3) is 2.64. The number of aromatic nitrogens is 1. The lowest BCUT2D eigenvalue weighted by Gasteiger charge is -2.29. The van der Waals surface area contributed by atoms with Crippen LogP contribution in [0.4, 0.5) is 4.79 Å². The van der Waals surface area contributed by atoms with E-state index >= 15 is 0 Å². The maximum absolute atomic E-state index is 12.0. The molecule has 1 aromatic rings. The Morgan fingerprint density at radius 3 is 2.89 bits per heavy atom. The number of nitrogens with zero attached hydrogens (tertiary/aromatic N) is 2. The van der Waals surface area contributed by atoms with Gasteiger partial charge in [0.1, 0.15) is 5.60 Å². The SMILES string of the molecule is CC(C)(C)OC(=O)N1CCc2noc(CN)c2C1. The van der Waals surface area contributed by atoms with Crippen LogP contribution in [-0.4, -0.2) is 28.3 Å². The van der Waals surface area contributed by atoms with E-state index in [4.69, 9.17) is 15.0 Å². The highest BCUT2D eigenvalue weighted by Crippen LogP contribution is 2.23. The Labute approximate surface area is 106 Å². The molecule has 18 heavy (non-hydrogen) atoms. The maximum Gasteiger partial charge on any atom is 0.410 e. The van der Waals surface area contributed by atoms with Gasteiger partial charge in [-0.1, -0.05) is 5.16 Å². The van der Waals surface area contributed by atoms with E-state index in [1.165, 1.54) is 0 Å². The molecule has 0 saturated heterocycles. The predicted octanol–water partition coefficient (Wildman–Crippen LogP) is 1.43. The molecule has 0 bridgehead atoms. The summed E-state index contributed by atoms with van der Waals surface area (Å²) >= 11 is 0. The van der Waals surface area contributed by atoms with Crippen LogP contribution in [0.5, 0.6) is 0 Å². The van der Waals surface area contributed by atoms with Gasteiger partial charge in [0.15, 0.2) is 5.76 Å². The molecule has 0 saturated carbocycles. The Balaban J connectivity index is 2.09. The Morgan fingerprint density at radius 1 is 1.56 bits per heavy atom. The molecule has 6 nitrogen and oxygen atoms in total. The van der Waals surface area contributed by atoms with E-state index in [0.717, 1.165) is 11.3 Å². The smallest absolute Gasteiger partial charge is 0.410 e. The Bertz CT molecular complexity index is 434. The zero-order valence-corrected chi connectivity index (χ0v) is 11.0. The topological polar surface area (TPSA) is 81.6 Å². The maximum atomic E-state index is 12.0. The molecule has 1 aliphatic rings. The first-order chi connectivity index (χ1) is 8.40. The van der Waals surface area contributed by atoms with Gasteiger partial charge in [-0.15, -0.1) is 0 Å². The van der Waals surface area contributed by atoms with E-state index in [2.05, 4.69) is 5.16 Å². The van der Waals surface area contributed by atoms with E-state index < -0.39 is 5.60 Å². The normalized spacial score (nSPS) is 15.4. The molecule has 0 spiro atoms. The third-order valence-electron chi connectivity index (χ3n) is 2.76. The highest BCUT2D eigenvalue weighted by molar-refractivity contribution is 5.68. The summed E-state index contributed by atoms with van der Waals surface area (Å²) in [6, 6.07) is 0. The van der Waals surface area contributed by atoms with Gasteiger partial charge in [0.25, 0.3) is 0 Å². The lowest BCUT2D eigenvalue weighted by Crippen LogP contribution is -2.40. The lowest BCUT2D eigenvalue weighted by atomic mass is 10.1. The molecule has 0 aromatic carbocycles. The molecule has 2 rings (SSSR count). The van der Waals surface area contributed by atoms with Gasteiger partial charge in [0.05, 0.1) is 18.8 Å². The van der Waals surface area contributed by atoms with Crippen molar-refractivity contribution >= 4 is 6.09 Å². The van der Waals surface area contributed by atoms with Gasteiger partial charge >= 0.3 is 6.09 Å². The quantitative estimate of drug-likeness (QED) is 0.818. The van der Waals surface area contributed by atoms with Gasteiger partial charge in [0, 0.05) is 18.5 Å². The summed E-state index contributed by atoms with van der Waals surface area (Å²) in [4.78, 5) is 13.6. The van der Waals surface area contributed by atoms with E-state index in [1.54, 1.807) is 4.90 Å². The molecule has 0 radical (unpaired) electrons. The summed E-state index contributed by atoms with van der Waals surface area (Å²) in [5, 5.41) is 3.96. The van der Waals surface area contributed by atoms with Crippen molar-refractivity contribution in [3.63, 3.8) is 0 Å². The standard InChI is InChI=1S/C12H19N3O3/c1-12(2,3)17-11(16)15-5-4-9-8(7-15)10(6-13)18-14-9/h4-7,13H2,1-3H3. The van der Waals surface area contributed by atoms with Gasteiger partial charge in [-0.05, 0) is 20.8 Å². The molecule has 0 aliphatic carbocycles. The lowest BCUT2D eigenvalue weighted by molar-refractivity contribution is 0.0223. The molecule has 2 heterocycles. The highest BCUT2D eigenvalue weighted by atomic mass is 16.6. The number of nitrogens with two attached hydrogens (primary N) is 1. The van der Waals surface area contributed by atoms with E-state index in [0.29, 0.717) is 31.8 Å². The van der Waals surface area contributed by atoms with E-state index in [-0.39, 0.29) is 6.09 Å². The summed E-state index contributed by atoms with van der Waals surface area (Å²) in [5.74, 6) is 0.651. The first kappa shape index (κ1) is 12.9. The minimum Gasteiger partial charge on any atom is -0.444 e. The number of carbonyl (C=O) groups excluding carboxylic acids is 1. The number of rotatable bonds is 1. The van der Waals surface area contributed by atoms with Gasteiger partial charge < -0.3 is 19.9 Å². The number of hydrogen-bond donors (Lipinski definition) is 1. The molecule has 1 amide bonds. The third-order valence-corrected chi connectivity index (χ3v) is 2.76. The van der Waals surface area contributed by atoms with Crippen molar-refractivity contribution in [2.75, 3.05) is 6.54 Å². The summed E-state index contributed by atoms with van der Waals surface area (Å²) in [6.07, 6.45) is 0.371. The number of carbonyl (C=O) groups is 1. The van der Waals surface area contributed by atoms with Gasteiger partial charge in [-0.2, -0.15) is 0 Å². The summed E-state index contributed by atoms with van der Waals surface area (Å²) in [6.45, 7) is 6.91. The van der Waals surface area contributed by atoms with Crippen molar-refractivity contribution in [3.05, 3.63) is 17.0 Å². The van der Waals surface area contributed by atoms with Crippen LogP contribution in [-0.2, 0) is 24.2 Å². The fourth-order valence-corrected chi connectivity index (χ4v) is 1.91. The Kier molecular flexibility index (Phi) is 3.30. The number of ether oxygens (including phenoxy) is 1. The summed E-state index contributed by atoms with van der Waals surface area (Å²) < 4.78 is 10.5. The van der Waals surface area contributed by atoms with Crippen molar-refractivity contribution < 1.29 is 14.1 Å². The predicted molar refractivity (Wildman–Crippen MR) is 64.7 cm³/mol. The van der Waals surface area contributed by atoms with E-state index in [1.807, 2.05) is 20.8 Å². The van der Waals surface area contributed by atoms with Crippen LogP contribution in [0.1, 0.15) is 37.8 Å². The first-order valence-electron chi connectivity index (χ1n) is 6.05. The molecule has 0 unspecified atom stereocenters. The van der Waals surface area contributed by atoms with Gasteiger partial charge in [-0.25, -0.2) is 4.79 Å². The monoisotopic (exact) mass is 253 g/mol. The highest BCUT2D eigenvalue weighted by Gasteiger charge is 2.29. The van der Waals surface area contributed by atoms with Crippen molar-refractivity contribution in [2.24, 2.45) is 5.73 Å². The second kappa shape index (κ2) is 4.61. The summed E-state index contributed by atoms with van der Waals surface area (Å²) in [5.41, 5.74) is 6.91. The molecule has 1 aromatic heterocycles. The molecule has 0 fully saturated rings. The van der Waals surface area contributed by atoms with Gasteiger partial charge in [-0.3, -0.25) is 0 Å². The van der Waals surface area contributed by atoms with Crippen molar-refractivity contribution in [2.45, 2.75) is 45.9 Å². The van der Waals surface area contributed by atoms with Crippen LogP contribution >= 0.6 is 0 Å². The fraction of sp³-hybridized carbons (Fsp3) is 0.667. The van der Waals surface area contributed by atoms with E-state index in [9.17, 15) is 4.79 Å². The summed E-state index contributed by atoms with van der Waals surface area (Å²) in [7, 11) is 0. The Morgan fingerprint density at radius 2 is 2.28 bits per heavy atom. The van der Waals surface area contributed by atoms with Gasteiger partial charge in [0.2, 0.25) is 0 Å². The van der Waals surface area contributed by atoms with Crippen molar-refractivity contribution in [1.29, 1.82) is 0 Å². The van der Waals surface area contributed by atoms with Crippen LogP contribution in [0, 0.1) is 0 Å². The molecule has 0 atom stereocenters. The van der Waals surface area contributed by atoms with Crippen LogP contribution in [0.3, 0.4) is 0 Å². The largest absolute Gasteiger partial charge is 0.444 e. The minimum absolute atomic E-state index is 0.296.